The van der Waals surface area contributed by atoms with Crippen LogP contribution < -0.4 is 0 Å². The van der Waals surface area contributed by atoms with E-state index < -0.39 is 0 Å². The maximum atomic E-state index is 4.33. The van der Waals surface area contributed by atoms with Crippen LogP contribution in [0.5, 0.6) is 0 Å². The fourth-order valence-electron chi connectivity index (χ4n) is 3.77. The summed E-state index contributed by atoms with van der Waals surface area (Å²) in [6, 6.07) is 2.44. The van der Waals surface area contributed by atoms with Crippen molar-refractivity contribution in [3.8, 4) is 0 Å². The molecule has 2 aromatic rings. The van der Waals surface area contributed by atoms with Gasteiger partial charge >= 0.3 is 0 Å². The summed E-state index contributed by atoms with van der Waals surface area (Å²) in [4.78, 5) is 9.26. The van der Waals surface area contributed by atoms with Gasteiger partial charge in [-0.05, 0) is 45.5 Å². The number of aryl methyl sites for hydroxylation is 1. The van der Waals surface area contributed by atoms with Gasteiger partial charge in [-0.25, -0.2) is 4.98 Å². The van der Waals surface area contributed by atoms with Crippen LogP contribution in [0, 0.1) is 5.92 Å². The second-order valence-corrected chi connectivity index (χ2v) is 6.79. The molecular weight excluding hydrogens is 288 g/mol. The molecule has 23 heavy (non-hydrogen) atoms. The highest BCUT2D eigenvalue weighted by Crippen LogP contribution is 2.35. The minimum atomic E-state index is 0.461. The molecule has 0 N–H and O–H groups in total. The van der Waals surface area contributed by atoms with Gasteiger partial charge in [-0.1, -0.05) is 0 Å². The van der Waals surface area contributed by atoms with E-state index in [4.69, 9.17) is 0 Å². The number of hydrogen-bond donors (Lipinski definition) is 0. The lowest BCUT2D eigenvalue weighted by Crippen LogP contribution is -2.42. The molecule has 6 heteroatoms. The molecule has 3 heterocycles. The third-order valence-corrected chi connectivity index (χ3v) is 4.98. The van der Waals surface area contributed by atoms with Crippen molar-refractivity contribution >= 4 is 0 Å². The first-order valence-electron chi connectivity index (χ1n) is 8.47. The molecular formula is C17H28N6. The summed E-state index contributed by atoms with van der Waals surface area (Å²) in [5.74, 6) is 0.645. The van der Waals surface area contributed by atoms with Gasteiger partial charge in [0.25, 0.3) is 0 Å². The maximum Gasteiger partial charge on any atom is 0.0946 e. The van der Waals surface area contributed by atoms with Crippen molar-refractivity contribution in [1.82, 2.24) is 29.1 Å². The van der Waals surface area contributed by atoms with Gasteiger partial charge in [0.15, 0.2) is 0 Å². The molecule has 0 spiro atoms. The van der Waals surface area contributed by atoms with E-state index in [9.17, 15) is 0 Å². The SMILES string of the molecule is CN(CCn1cccn1)C[C@@H]1CCCN(C)[C@H]1c1cncn1C. The van der Waals surface area contributed by atoms with Crippen molar-refractivity contribution < 1.29 is 0 Å². The lowest BCUT2D eigenvalue weighted by molar-refractivity contribution is 0.0886. The van der Waals surface area contributed by atoms with Gasteiger partial charge in [0, 0.05) is 38.7 Å². The molecule has 2 aromatic heterocycles. The summed E-state index contributed by atoms with van der Waals surface area (Å²) in [5.41, 5.74) is 1.33. The minimum Gasteiger partial charge on any atom is -0.336 e. The molecule has 0 unspecified atom stereocenters. The van der Waals surface area contributed by atoms with Gasteiger partial charge in [0.2, 0.25) is 0 Å². The third kappa shape index (κ3) is 3.82. The van der Waals surface area contributed by atoms with Crippen molar-refractivity contribution in [2.45, 2.75) is 25.4 Å². The first-order valence-corrected chi connectivity index (χ1v) is 8.47. The number of imidazole rings is 1. The molecule has 1 aliphatic heterocycles. The van der Waals surface area contributed by atoms with E-state index in [0.717, 1.165) is 19.6 Å². The number of rotatable bonds is 6. The number of aromatic nitrogens is 4. The zero-order chi connectivity index (χ0) is 16.2. The Morgan fingerprint density at radius 3 is 2.91 bits per heavy atom. The van der Waals surface area contributed by atoms with Crippen molar-refractivity contribution in [3.05, 3.63) is 36.7 Å². The molecule has 1 fully saturated rings. The van der Waals surface area contributed by atoms with E-state index in [0.29, 0.717) is 12.0 Å². The minimum absolute atomic E-state index is 0.461. The quantitative estimate of drug-likeness (QED) is 0.812. The van der Waals surface area contributed by atoms with Crippen LogP contribution in [-0.2, 0) is 13.6 Å². The molecule has 0 saturated carbocycles. The summed E-state index contributed by atoms with van der Waals surface area (Å²) in [6.07, 6.45) is 10.4. The highest BCUT2D eigenvalue weighted by atomic mass is 15.3. The number of likely N-dealkylation sites (tertiary alicyclic amines) is 1. The van der Waals surface area contributed by atoms with Crippen LogP contribution in [0.15, 0.2) is 31.0 Å². The van der Waals surface area contributed by atoms with Crippen LogP contribution in [0.2, 0.25) is 0 Å². The molecule has 126 valence electrons. The molecule has 1 aliphatic rings. The molecule has 0 bridgehead atoms. The van der Waals surface area contributed by atoms with Gasteiger partial charge in [-0.2, -0.15) is 5.10 Å². The first kappa shape index (κ1) is 16.2. The Kier molecular flexibility index (Phi) is 5.13. The highest BCUT2D eigenvalue weighted by Gasteiger charge is 2.32. The predicted octanol–water partition coefficient (Wildman–Crippen LogP) is 1.63. The monoisotopic (exact) mass is 316 g/mol. The molecule has 0 aliphatic carbocycles. The molecule has 0 aromatic carbocycles. The Hall–Kier alpha value is -1.66. The van der Waals surface area contributed by atoms with Gasteiger partial charge in [0.05, 0.1) is 24.6 Å². The molecule has 0 amide bonds. The normalized spacial score (nSPS) is 22.8. The molecule has 1 saturated heterocycles. The van der Waals surface area contributed by atoms with E-state index in [1.54, 1.807) is 0 Å². The lowest BCUT2D eigenvalue weighted by Gasteiger charge is -2.40. The summed E-state index contributed by atoms with van der Waals surface area (Å²) in [7, 11) is 6.56. The number of nitrogens with zero attached hydrogens (tertiary/aromatic N) is 6. The molecule has 0 radical (unpaired) electrons. The number of hydrogen-bond acceptors (Lipinski definition) is 4. The lowest BCUT2D eigenvalue weighted by atomic mass is 9.87. The van der Waals surface area contributed by atoms with E-state index in [-0.39, 0.29) is 0 Å². The summed E-state index contributed by atoms with van der Waals surface area (Å²) < 4.78 is 4.17. The average molecular weight is 316 g/mol. The molecule has 6 nitrogen and oxygen atoms in total. The van der Waals surface area contributed by atoms with Crippen LogP contribution >= 0.6 is 0 Å². The molecule has 2 atom stereocenters. The average Bonchev–Trinajstić information content (AvgIpc) is 3.17. The Bertz CT molecular complexity index is 590. The van der Waals surface area contributed by atoms with E-state index in [1.165, 1.54) is 25.1 Å². The second-order valence-electron chi connectivity index (χ2n) is 6.79. The Labute approximate surface area is 138 Å². The zero-order valence-corrected chi connectivity index (χ0v) is 14.5. The third-order valence-electron chi connectivity index (χ3n) is 4.98. The maximum absolute atomic E-state index is 4.33. The largest absolute Gasteiger partial charge is 0.336 e. The zero-order valence-electron chi connectivity index (χ0n) is 14.5. The van der Waals surface area contributed by atoms with Gasteiger partial charge in [-0.15, -0.1) is 0 Å². The van der Waals surface area contributed by atoms with Crippen molar-refractivity contribution in [1.29, 1.82) is 0 Å². The van der Waals surface area contributed by atoms with E-state index in [1.807, 2.05) is 35.7 Å². The van der Waals surface area contributed by atoms with Crippen LogP contribution in [0.3, 0.4) is 0 Å². The van der Waals surface area contributed by atoms with Crippen LogP contribution in [0.25, 0.3) is 0 Å². The summed E-state index contributed by atoms with van der Waals surface area (Å²) in [6.45, 7) is 4.26. The van der Waals surface area contributed by atoms with Crippen LogP contribution in [-0.4, -0.2) is 62.9 Å². The Morgan fingerprint density at radius 1 is 1.35 bits per heavy atom. The topological polar surface area (TPSA) is 42.1 Å². The smallest absolute Gasteiger partial charge is 0.0946 e. The van der Waals surface area contributed by atoms with Gasteiger partial charge in [-0.3, -0.25) is 9.58 Å². The fraction of sp³-hybridized carbons (Fsp3) is 0.647. The number of piperidine rings is 1. The molecule has 3 rings (SSSR count). The van der Waals surface area contributed by atoms with Gasteiger partial charge in [0.1, 0.15) is 0 Å². The van der Waals surface area contributed by atoms with Crippen molar-refractivity contribution in [2.24, 2.45) is 13.0 Å². The van der Waals surface area contributed by atoms with Gasteiger partial charge < -0.3 is 9.47 Å². The van der Waals surface area contributed by atoms with Crippen molar-refractivity contribution in [3.63, 3.8) is 0 Å². The standard InChI is InChI=1S/C17H28N6/c1-20(10-11-23-9-5-7-19-23)13-15-6-4-8-21(2)17(15)16-12-18-14-22(16)3/h5,7,9,12,14-15,17H,4,6,8,10-11,13H2,1-3H3/t15-,17+/m0/s1. The van der Waals surface area contributed by atoms with E-state index >= 15 is 0 Å². The first-order chi connectivity index (χ1) is 11.1. The second kappa shape index (κ2) is 7.27. The Balaban J connectivity index is 1.63. The fourth-order valence-corrected chi connectivity index (χ4v) is 3.77. The summed E-state index contributed by atoms with van der Waals surface area (Å²) in [5, 5.41) is 4.28. The van der Waals surface area contributed by atoms with Crippen LogP contribution in [0.1, 0.15) is 24.6 Å². The summed E-state index contributed by atoms with van der Waals surface area (Å²) >= 11 is 0. The number of likely N-dealkylation sites (N-methyl/N-ethyl adjacent to an activating group) is 1. The Morgan fingerprint density at radius 2 is 2.22 bits per heavy atom. The highest BCUT2D eigenvalue weighted by molar-refractivity contribution is 5.08. The van der Waals surface area contributed by atoms with Crippen molar-refractivity contribution in [2.75, 3.05) is 33.7 Å². The predicted molar refractivity (Wildman–Crippen MR) is 91.0 cm³/mol. The van der Waals surface area contributed by atoms with Crippen LogP contribution in [0.4, 0.5) is 0 Å². The van der Waals surface area contributed by atoms with E-state index in [2.05, 4.69) is 45.6 Å².